The van der Waals surface area contributed by atoms with Crippen LogP contribution in [0.15, 0.2) is 29.4 Å². The highest BCUT2D eigenvalue weighted by Crippen LogP contribution is 2.31. The van der Waals surface area contributed by atoms with E-state index in [4.69, 9.17) is 5.11 Å². The molecule has 1 unspecified atom stereocenters. The smallest absolute Gasteiger partial charge is 0.305 e. The van der Waals surface area contributed by atoms with Crippen LogP contribution in [0.2, 0.25) is 0 Å². The summed E-state index contributed by atoms with van der Waals surface area (Å²) < 4.78 is 1.50. The van der Waals surface area contributed by atoms with Crippen LogP contribution in [0.3, 0.4) is 0 Å². The molecule has 1 aliphatic heterocycles. The van der Waals surface area contributed by atoms with Gasteiger partial charge in [-0.15, -0.1) is 10.2 Å². The second kappa shape index (κ2) is 5.21. The average molecular weight is 304 g/mol. The Morgan fingerprint density at radius 3 is 2.76 bits per heavy atom. The molecule has 0 fully saturated rings. The van der Waals surface area contributed by atoms with Gasteiger partial charge in [0.15, 0.2) is 5.82 Å². The number of benzene rings is 1. The fourth-order valence-corrected chi connectivity index (χ4v) is 2.96. The van der Waals surface area contributed by atoms with Crippen molar-refractivity contribution in [2.45, 2.75) is 23.8 Å². The maximum atomic E-state index is 12.0. The Morgan fingerprint density at radius 1 is 1.38 bits per heavy atom. The lowest BCUT2D eigenvalue weighted by molar-refractivity contribution is -0.138. The molecule has 0 aliphatic carbocycles. The molecule has 21 heavy (non-hydrogen) atoms. The van der Waals surface area contributed by atoms with Gasteiger partial charge in [-0.05, 0) is 6.92 Å². The van der Waals surface area contributed by atoms with Gasteiger partial charge in [-0.2, -0.15) is 0 Å². The molecule has 0 radical (unpaired) electrons. The van der Waals surface area contributed by atoms with Crippen molar-refractivity contribution in [1.29, 1.82) is 0 Å². The Balaban J connectivity index is 1.93. The number of amides is 1. The largest absolute Gasteiger partial charge is 0.481 e. The van der Waals surface area contributed by atoms with Gasteiger partial charge in [0.05, 0.1) is 6.42 Å². The van der Waals surface area contributed by atoms with Crippen molar-refractivity contribution in [3.05, 3.63) is 29.8 Å². The Morgan fingerprint density at radius 2 is 2.10 bits per heavy atom. The molecule has 8 heteroatoms. The lowest BCUT2D eigenvalue weighted by atomic mass is 10.1. The molecule has 0 bridgehead atoms. The third-order valence-corrected chi connectivity index (χ3v) is 4.21. The fraction of sp³-hybridized carbons (Fsp3) is 0.231. The number of aromatic nitrogens is 3. The topological polar surface area (TPSA) is 97.1 Å². The van der Waals surface area contributed by atoms with Crippen molar-refractivity contribution in [3.8, 4) is 11.4 Å². The highest BCUT2D eigenvalue weighted by atomic mass is 32.2. The number of carboxylic acid groups (broad SMARTS) is 1. The van der Waals surface area contributed by atoms with Crippen molar-refractivity contribution in [1.82, 2.24) is 14.9 Å². The van der Waals surface area contributed by atoms with Crippen molar-refractivity contribution >= 4 is 23.6 Å². The number of nitrogens with one attached hydrogen (secondary N) is 1. The highest BCUT2D eigenvalue weighted by molar-refractivity contribution is 8.00. The first kappa shape index (κ1) is 13.6. The summed E-state index contributed by atoms with van der Waals surface area (Å²) >= 11 is 1.11. The maximum Gasteiger partial charge on any atom is 0.305 e. The van der Waals surface area contributed by atoms with Crippen LogP contribution in [0.1, 0.15) is 12.0 Å². The first-order valence-electron chi connectivity index (χ1n) is 6.26. The van der Waals surface area contributed by atoms with Gasteiger partial charge < -0.3 is 5.11 Å². The van der Waals surface area contributed by atoms with Gasteiger partial charge >= 0.3 is 5.97 Å². The van der Waals surface area contributed by atoms with Gasteiger partial charge in [-0.25, -0.2) is 4.68 Å². The number of nitrogens with zero attached hydrogens (tertiary/aromatic N) is 3. The second-order valence-corrected chi connectivity index (χ2v) is 5.86. The zero-order chi connectivity index (χ0) is 15.0. The second-order valence-electron chi connectivity index (χ2n) is 4.69. The van der Waals surface area contributed by atoms with Crippen LogP contribution in [0.5, 0.6) is 0 Å². The quantitative estimate of drug-likeness (QED) is 0.886. The molecule has 1 atom stereocenters. The molecule has 3 rings (SSSR count). The molecule has 2 heterocycles. The third kappa shape index (κ3) is 2.62. The van der Waals surface area contributed by atoms with E-state index in [1.165, 1.54) is 4.68 Å². The monoisotopic (exact) mass is 304 g/mol. The van der Waals surface area contributed by atoms with E-state index < -0.39 is 11.2 Å². The summed E-state index contributed by atoms with van der Waals surface area (Å²) in [5.74, 6) is -0.850. The minimum Gasteiger partial charge on any atom is -0.481 e. The van der Waals surface area contributed by atoms with Crippen LogP contribution in [0.4, 0.5) is 0 Å². The molecule has 2 aromatic rings. The minimum atomic E-state index is -1.02. The van der Waals surface area contributed by atoms with E-state index in [1.54, 1.807) is 0 Å². The average Bonchev–Trinajstić information content (AvgIpc) is 2.82. The molecular weight excluding hydrogens is 292 g/mol. The van der Waals surface area contributed by atoms with Crippen molar-refractivity contribution in [2.24, 2.45) is 0 Å². The number of fused-ring (bicyclic) bond motifs is 1. The molecule has 7 nitrogen and oxygen atoms in total. The van der Waals surface area contributed by atoms with Crippen LogP contribution in [-0.4, -0.2) is 37.1 Å². The number of hydrogen-bond donors (Lipinski definition) is 2. The molecule has 1 aromatic carbocycles. The number of rotatable bonds is 3. The number of carboxylic acids is 1. The van der Waals surface area contributed by atoms with E-state index in [0.717, 1.165) is 22.9 Å². The predicted octanol–water partition coefficient (Wildman–Crippen LogP) is 1.27. The molecule has 2 N–H and O–H groups in total. The Bertz CT molecular complexity index is 711. The van der Waals surface area contributed by atoms with Crippen LogP contribution in [0.25, 0.3) is 11.4 Å². The Kier molecular flexibility index (Phi) is 3.38. The van der Waals surface area contributed by atoms with Crippen molar-refractivity contribution < 1.29 is 14.7 Å². The standard InChI is InChI=1S/C13H12N4O3S/c1-7-2-4-8(5-3-7)11-14-15-13-17(11)16-12(20)9(21-13)6-10(18)19/h2-5,9H,6H2,1H3,(H,16,20)(H,18,19). The normalized spacial score (nSPS) is 17.2. The van der Waals surface area contributed by atoms with Gasteiger partial charge in [0.1, 0.15) is 5.25 Å². The summed E-state index contributed by atoms with van der Waals surface area (Å²) in [6, 6.07) is 7.68. The fourth-order valence-electron chi connectivity index (χ4n) is 1.99. The van der Waals surface area contributed by atoms with E-state index >= 15 is 0 Å². The molecular formula is C13H12N4O3S. The van der Waals surface area contributed by atoms with Crippen LogP contribution < -0.4 is 5.43 Å². The van der Waals surface area contributed by atoms with Gasteiger partial charge in [0, 0.05) is 5.56 Å². The van der Waals surface area contributed by atoms with Crippen molar-refractivity contribution in [2.75, 3.05) is 5.43 Å². The molecule has 0 saturated heterocycles. The van der Waals surface area contributed by atoms with Gasteiger partial charge in [0.25, 0.3) is 5.91 Å². The van der Waals surface area contributed by atoms with Crippen LogP contribution in [-0.2, 0) is 9.59 Å². The van der Waals surface area contributed by atoms with Gasteiger partial charge in [0.2, 0.25) is 5.16 Å². The third-order valence-electron chi connectivity index (χ3n) is 3.07. The van der Waals surface area contributed by atoms with Crippen molar-refractivity contribution in [3.63, 3.8) is 0 Å². The summed E-state index contributed by atoms with van der Waals surface area (Å²) in [5, 5.41) is 16.7. The van der Waals surface area contributed by atoms with E-state index in [-0.39, 0.29) is 12.3 Å². The number of carbonyl (C=O) groups excluding carboxylic acids is 1. The molecule has 0 saturated carbocycles. The maximum absolute atomic E-state index is 12.0. The number of thioether (sulfide) groups is 1. The summed E-state index contributed by atoms with van der Waals surface area (Å²) in [6.07, 6.45) is -0.247. The molecule has 1 amide bonds. The zero-order valence-electron chi connectivity index (χ0n) is 11.1. The Labute approximate surface area is 124 Å². The predicted molar refractivity (Wildman–Crippen MR) is 76.5 cm³/mol. The highest BCUT2D eigenvalue weighted by Gasteiger charge is 2.32. The van der Waals surface area contributed by atoms with Crippen LogP contribution in [0, 0.1) is 6.92 Å². The lowest BCUT2D eigenvalue weighted by Gasteiger charge is -2.21. The number of aryl methyl sites for hydroxylation is 1. The van der Waals surface area contributed by atoms with Crippen LogP contribution >= 0.6 is 11.8 Å². The Hall–Kier alpha value is -2.35. The summed E-state index contributed by atoms with van der Waals surface area (Å²) in [5.41, 5.74) is 4.60. The lowest BCUT2D eigenvalue weighted by Crippen LogP contribution is -2.37. The zero-order valence-corrected chi connectivity index (χ0v) is 11.9. The molecule has 108 valence electrons. The summed E-state index contributed by atoms with van der Waals surface area (Å²) in [4.78, 5) is 22.7. The summed E-state index contributed by atoms with van der Waals surface area (Å²) in [7, 11) is 0. The molecule has 1 aromatic heterocycles. The van der Waals surface area contributed by atoms with Gasteiger partial charge in [-0.3, -0.25) is 15.0 Å². The molecule has 1 aliphatic rings. The number of aliphatic carboxylic acids is 1. The molecule has 0 spiro atoms. The minimum absolute atomic E-state index is 0.247. The van der Waals surface area contributed by atoms with Gasteiger partial charge in [-0.1, -0.05) is 41.6 Å². The first-order valence-corrected chi connectivity index (χ1v) is 7.14. The van der Waals surface area contributed by atoms with E-state index in [1.807, 2.05) is 31.2 Å². The summed E-state index contributed by atoms with van der Waals surface area (Å²) in [6.45, 7) is 1.98. The SMILES string of the molecule is Cc1ccc(-c2nnc3n2NC(=O)C(CC(=O)O)S3)cc1. The number of hydrogen-bond acceptors (Lipinski definition) is 5. The van der Waals surface area contributed by atoms with E-state index in [2.05, 4.69) is 15.6 Å². The number of carbonyl (C=O) groups is 2. The van der Waals surface area contributed by atoms with E-state index in [9.17, 15) is 9.59 Å². The first-order chi connectivity index (χ1) is 10.0. The van der Waals surface area contributed by atoms with E-state index in [0.29, 0.717) is 11.0 Å².